The fourth-order valence-electron chi connectivity index (χ4n) is 5.56. The highest BCUT2D eigenvalue weighted by molar-refractivity contribution is 5.98. The van der Waals surface area contributed by atoms with E-state index in [0.717, 1.165) is 12.1 Å². The van der Waals surface area contributed by atoms with E-state index in [1.54, 1.807) is 31.2 Å². The molecule has 0 bridgehead atoms. The van der Waals surface area contributed by atoms with Crippen LogP contribution in [0.4, 0.5) is 17.6 Å². The van der Waals surface area contributed by atoms with Gasteiger partial charge in [-0.25, -0.2) is 4.39 Å². The second-order valence-electron chi connectivity index (χ2n) is 10.7. The van der Waals surface area contributed by atoms with Gasteiger partial charge < -0.3 is 20.5 Å². The number of aromatic nitrogens is 1. The van der Waals surface area contributed by atoms with Gasteiger partial charge in [0.2, 0.25) is 5.91 Å². The van der Waals surface area contributed by atoms with E-state index in [0.29, 0.717) is 5.75 Å². The molecule has 2 heterocycles. The van der Waals surface area contributed by atoms with Crippen molar-refractivity contribution in [1.82, 2.24) is 10.3 Å². The van der Waals surface area contributed by atoms with Crippen LogP contribution in [-0.2, 0) is 15.1 Å². The summed E-state index contributed by atoms with van der Waals surface area (Å²) in [5.74, 6) is -3.44. The van der Waals surface area contributed by atoms with Crippen LogP contribution in [0.25, 0.3) is 0 Å². The highest BCUT2D eigenvalue weighted by Gasteiger charge is 2.50. The van der Waals surface area contributed by atoms with Crippen LogP contribution in [0.5, 0.6) is 11.5 Å². The van der Waals surface area contributed by atoms with Crippen LogP contribution in [0.1, 0.15) is 45.4 Å². The molecular formula is C28H29F4N3O4. The van der Waals surface area contributed by atoms with Gasteiger partial charge in [-0.15, -0.1) is 13.2 Å². The van der Waals surface area contributed by atoms with Crippen molar-refractivity contribution in [3.05, 3.63) is 77.4 Å². The number of nitrogens with two attached hydrogens (primary N) is 1. The van der Waals surface area contributed by atoms with Crippen molar-refractivity contribution in [2.45, 2.75) is 46.0 Å². The summed E-state index contributed by atoms with van der Waals surface area (Å²) < 4.78 is 62.5. The molecule has 2 amide bonds. The lowest BCUT2D eigenvalue weighted by molar-refractivity contribution is -0.275. The Morgan fingerprint density at radius 3 is 2.51 bits per heavy atom. The van der Waals surface area contributed by atoms with Crippen LogP contribution in [0.15, 0.2) is 60.3 Å². The predicted octanol–water partition coefficient (Wildman–Crippen LogP) is 4.91. The third kappa shape index (κ3) is 4.97. The Bertz CT molecular complexity index is 1370. The molecular weight excluding hydrogens is 518 g/mol. The van der Waals surface area contributed by atoms with Crippen LogP contribution in [0, 0.1) is 22.6 Å². The van der Waals surface area contributed by atoms with Gasteiger partial charge in [0, 0.05) is 18.2 Å². The molecule has 11 heteroatoms. The van der Waals surface area contributed by atoms with Crippen molar-refractivity contribution in [3.63, 3.8) is 0 Å². The Hall–Kier alpha value is -3.89. The van der Waals surface area contributed by atoms with E-state index in [4.69, 9.17) is 10.5 Å². The van der Waals surface area contributed by atoms with E-state index in [1.807, 2.05) is 20.8 Å². The molecule has 0 spiro atoms. The summed E-state index contributed by atoms with van der Waals surface area (Å²) >= 11 is 0. The van der Waals surface area contributed by atoms with E-state index >= 15 is 0 Å². The third-order valence-corrected chi connectivity index (χ3v) is 7.47. The van der Waals surface area contributed by atoms with E-state index < -0.39 is 52.0 Å². The lowest BCUT2D eigenvalue weighted by Gasteiger charge is -2.45. The van der Waals surface area contributed by atoms with Gasteiger partial charge in [-0.2, -0.15) is 0 Å². The second kappa shape index (κ2) is 9.69. The van der Waals surface area contributed by atoms with Gasteiger partial charge in [0.25, 0.3) is 5.91 Å². The number of carbonyl (C=O) groups excluding carboxylic acids is 2. The molecule has 3 N–H and O–H groups in total. The van der Waals surface area contributed by atoms with E-state index in [-0.39, 0.29) is 29.9 Å². The molecule has 0 saturated heterocycles. The number of hydrogen-bond acceptors (Lipinski definition) is 5. The first-order valence-electron chi connectivity index (χ1n) is 12.3. The van der Waals surface area contributed by atoms with E-state index in [1.165, 1.54) is 18.3 Å². The third-order valence-electron chi connectivity index (χ3n) is 7.47. The summed E-state index contributed by atoms with van der Waals surface area (Å²) in [6, 6.07) is 6.25. The first-order chi connectivity index (χ1) is 18.1. The maximum Gasteiger partial charge on any atom is 0.573 e. The number of nitrogens with one attached hydrogen (secondary N) is 1. The molecule has 1 aromatic heterocycles. The second-order valence-corrected chi connectivity index (χ2v) is 10.7. The lowest BCUT2D eigenvalue weighted by Crippen LogP contribution is -2.52. The highest BCUT2D eigenvalue weighted by atomic mass is 19.4. The normalized spacial score (nSPS) is 24.7. The van der Waals surface area contributed by atoms with E-state index in [9.17, 15) is 27.2 Å². The molecule has 3 atom stereocenters. The van der Waals surface area contributed by atoms with Crippen molar-refractivity contribution < 1.29 is 36.6 Å². The zero-order valence-electron chi connectivity index (χ0n) is 21.9. The van der Waals surface area contributed by atoms with Crippen molar-refractivity contribution in [3.8, 4) is 11.5 Å². The van der Waals surface area contributed by atoms with Crippen molar-refractivity contribution in [2.24, 2.45) is 22.5 Å². The zero-order chi connectivity index (χ0) is 28.8. The molecule has 208 valence electrons. The highest BCUT2D eigenvalue weighted by Crippen LogP contribution is 2.49. The number of benzene rings is 1. The summed E-state index contributed by atoms with van der Waals surface area (Å²) in [4.78, 5) is 30.6. The molecule has 4 rings (SSSR count). The van der Waals surface area contributed by atoms with Crippen molar-refractivity contribution in [1.29, 1.82) is 0 Å². The molecule has 2 aromatic rings. The predicted molar refractivity (Wildman–Crippen MR) is 134 cm³/mol. The number of amides is 2. The molecule has 3 unspecified atom stereocenters. The van der Waals surface area contributed by atoms with Gasteiger partial charge in [-0.05, 0) is 41.2 Å². The smallest absolute Gasteiger partial charge is 0.491 e. The number of pyridine rings is 1. The molecule has 39 heavy (non-hydrogen) atoms. The Balaban J connectivity index is 1.77. The average molecular weight is 548 g/mol. The Labute approximate surface area is 223 Å². The number of primary amides is 1. The lowest BCUT2D eigenvalue weighted by atomic mass is 9.57. The maximum atomic E-state index is 14.8. The van der Waals surface area contributed by atoms with Gasteiger partial charge in [0.1, 0.15) is 17.0 Å². The van der Waals surface area contributed by atoms with Crippen LogP contribution in [0.3, 0.4) is 0 Å². The van der Waals surface area contributed by atoms with Gasteiger partial charge in [-0.3, -0.25) is 14.6 Å². The molecule has 1 aliphatic heterocycles. The maximum absolute atomic E-state index is 14.8. The first kappa shape index (κ1) is 28.1. The summed E-state index contributed by atoms with van der Waals surface area (Å²) in [7, 11) is 0. The van der Waals surface area contributed by atoms with Crippen LogP contribution >= 0.6 is 0 Å². The van der Waals surface area contributed by atoms with Crippen LogP contribution in [0.2, 0.25) is 0 Å². The molecule has 2 aliphatic rings. The molecule has 0 fully saturated rings. The van der Waals surface area contributed by atoms with Crippen molar-refractivity contribution in [2.75, 3.05) is 6.61 Å². The monoisotopic (exact) mass is 547 g/mol. The van der Waals surface area contributed by atoms with Gasteiger partial charge in [0.15, 0.2) is 11.6 Å². The Kier molecular flexibility index (Phi) is 6.99. The van der Waals surface area contributed by atoms with Gasteiger partial charge in [-0.1, -0.05) is 52.0 Å². The van der Waals surface area contributed by atoms with Crippen LogP contribution in [-0.4, -0.2) is 29.8 Å². The van der Waals surface area contributed by atoms with Crippen LogP contribution < -0.4 is 20.5 Å². The SMILES string of the molecule is CC1C=C(C(=O)NC2(c3ccc(OC(F)(F)F)c(F)c3)CCOc3cccnc32)C=CC1(C(N)=O)C(C)(C)C. The van der Waals surface area contributed by atoms with Crippen molar-refractivity contribution >= 4 is 11.8 Å². The summed E-state index contributed by atoms with van der Waals surface area (Å²) in [5, 5.41) is 2.94. The molecule has 1 aromatic carbocycles. The fourth-order valence-corrected chi connectivity index (χ4v) is 5.56. The summed E-state index contributed by atoms with van der Waals surface area (Å²) in [6.45, 7) is 7.57. The Morgan fingerprint density at radius 1 is 1.21 bits per heavy atom. The van der Waals surface area contributed by atoms with Gasteiger partial charge >= 0.3 is 6.36 Å². The minimum atomic E-state index is -5.08. The summed E-state index contributed by atoms with van der Waals surface area (Å²) in [6.07, 6.45) is 1.32. The number of halogens is 4. The number of rotatable bonds is 5. The minimum absolute atomic E-state index is 0.113. The first-order valence-corrected chi connectivity index (χ1v) is 12.3. The van der Waals surface area contributed by atoms with E-state index in [2.05, 4.69) is 15.0 Å². The quantitative estimate of drug-likeness (QED) is 0.518. The topological polar surface area (TPSA) is 104 Å². The number of hydrogen-bond donors (Lipinski definition) is 2. The number of alkyl halides is 3. The average Bonchev–Trinajstić information content (AvgIpc) is 2.83. The molecule has 0 radical (unpaired) electrons. The Morgan fingerprint density at radius 2 is 1.92 bits per heavy atom. The standard InChI is InChI=1S/C28H29F4N3O4/c1-16-14-17(9-10-26(16,24(33)37)25(2,3)4)23(36)35-27(11-13-38-21-6-5-12-34-22(21)27)18-7-8-20(19(29)15-18)39-28(30,31)32/h5-10,12,14-16H,11,13H2,1-4H3,(H2,33,37)(H,35,36). The number of carbonyl (C=O) groups is 2. The zero-order valence-corrected chi connectivity index (χ0v) is 21.9. The summed E-state index contributed by atoms with van der Waals surface area (Å²) in [5.41, 5.74) is 3.44. The fraction of sp³-hybridized carbons (Fsp3) is 0.393. The molecule has 0 saturated carbocycles. The number of ether oxygens (including phenoxy) is 2. The number of allylic oxidation sites excluding steroid dienone is 1. The largest absolute Gasteiger partial charge is 0.573 e. The number of fused-ring (bicyclic) bond motifs is 1. The molecule has 7 nitrogen and oxygen atoms in total. The van der Waals surface area contributed by atoms with Gasteiger partial charge in [0.05, 0.1) is 12.0 Å². The number of nitrogens with zero attached hydrogens (tertiary/aromatic N) is 1. The molecule has 1 aliphatic carbocycles. The minimum Gasteiger partial charge on any atom is -0.491 e.